The van der Waals surface area contributed by atoms with Crippen LogP contribution in [-0.2, 0) is 5.41 Å². The molecule has 23 heavy (non-hydrogen) atoms. The van der Waals surface area contributed by atoms with Gasteiger partial charge in [-0.1, -0.05) is 30.2 Å². The highest BCUT2D eigenvalue weighted by molar-refractivity contribution is 6.30. The van der Waals surface area contributed by atoms with Crippen molar-refractivity contribution in [1.29, 1.82) is 0 Å². The molecule has 2 aromatic heterocycles. The van der Waals surface area contributed by atoms with Gasteiger partial charge in [0.2, 0.25) is 5.95 Å². The number of anilines is 1. The first kappa shape index (κ1) is 14.3. The molecule has 1 aliphatic rings. The zero-order valence-corrected chi connectivity index (χ0v) is 13.2. The maximum Gasteiger partial charge on any atom is 0.263 e. The van der Waals surface area contributed by atoms with Crippen LogP contribution < -0.4 is 10.9 Å². The minimum Gasteiger partial charge on any atom is -0.355 e. The summed E-state index contributed by atoms with van der Waals surface area (Å²) in [6.07, 6.45) is 4.86. The quantitative estimate of drug-likeness (QED) is 0.687. The zero-order valence-electron chi connectivity index (χ0n) is 12.4. The van der Waals surface area contributed by atoms with Gasteiger partial charge in [-0.15, -0.1) is 0 Å². The van der Waals surface area contributed by atoms with Crippen molar-refractivity contribution < 1.29 is 0 Å². The molecule has 118 valence electrons. The Labute approximate surface area is 137 Å². The van der Waals surface area contributed by atoms with Crippen molar-refractivity contribution in [2.24, 2.45) is 0 Å². The first-order valence-corrected chi connectivity index (χ1v) is 7.97. The lowest BCUT2D eigenvalue weighted by Gasteiger charge is -2.42. The summed E-state index contributed by atoms with van der Waals surface area (Å²) in [5.41, 5.74) is 1.57. The van der Waals surface area contributed by atoms with Crippen molar-refractivity contribution in [3.63, 3.8) is 0 Å². The molecule has 0 unspecified atom stereocenters. The third-order valence-corrected chi connectivity index (χ3v) is 4.90. The molecule has 1 aromatic carbocycles. The number of hydrogen-bond donors (Lipinski definition) is 3. The second-order valence-corrected chi connectivity index (χ2v) is 6.48. The van der Waals surface area contributed by atoms with Gasteiger partial charge in [0, 0.05) is 17.0 Å². The number of hydrogen-bond acceptors (Lipinski definition) is 4. The Morgan fingerprint density at radius 3 is 2.96 bits per heavy atom. The molecule has 3 aromatic rings. The Kier molecular flexibility index (Phi) is 3.34. The lowest BCUT2D eigenvalue weighted by molar-refractivity contribution is 0.260. The monoisotopic (exact) mass is 329 g/mol. The number of aromatic amines is 2. The van der Waals surface area contributed by atoms with Crippen LogP contribution in [0.4, 0.5) is 5.95 Å². The highest BCUT2D eigenvalue weighted by atomic mass is 35.5. The van der Waals surface area contributed by atoms with Gasteiger partial charge in [-0.3, -0.25) is 14.9 Å². The fourth-order valence-corrected chi connectivity index (χ4v) is 3.36. The number of nitrogens with one attached hydrogen (secondary N) is 3. The fraction of sp³-hybridized carbons (Fsp3) is 0.312. The summed E-state index contributed by atoms with van der Waals surface area (Å²) in [6.45, 7) is 0.704. The molecule has 0 radical (unpaired) electrons. The van der Waals surface area contributed by atoms with Crippen molar-refractivity contribution in [1.82, 2.24) is 20.2 Å². The molecular weight excluding hydrogens is 314 g/mol. The van der Waals surface area contributed by atoms with E-state index >= 15 is 0 Å². The van der Waals surface area contributed by atoms with Gasteiger partial charge in [0.1, 0.15) is 5.39 Å². The first-order chi connectivity index (χ1) is 11.2. The van der Waals surface area contributed by atoms with Crippen LogP contribution in [-0.4, -0.2) is 26.7 Å². The predicted octanol–water partition coefficient (Wildman–Crippen LogP) is 2.83. The van der Waals surface area contributed by atoms with Crippen LogP contribution in [0.15, 0.2) is 35.3 Å². The number of nitrogens with zero attached hydrogens (tertiary/aromatic N) is 2. The molecule has 7 heteroatoms. The predicted molar refractivity (Wildman–Crippen MR) is 90.0 cm³/mol. The van der Waals surface area contributed by atoms with E-state index in [2.05, 4.69) is 31.5 Å². The molecule has 3 N–H and O–H groups in total. The maximum absolute atomic E-state index is 12.0. The number of rotatable bonds is 4. The standard InChI is InChI=1S/C16H16ClN5O/c17-11-4-1-3-10(7-11)16(5-2-6-16)9-18-15-20-13-12(8-19-22-13)14(23)21-15/h1,3-4,7-8H,2,5-6,9H2,(H3,18,19,20,21,22,23). The number of aromatic nitrogens is 4. The lowest BCUT2D eigenvalue weighted by Crippen LogP contribution is -2.41. The van der Waals surface area contributed by atoms with E-state index in [1.54, 1.807) is 0 Å². The van der Waals surface area contributed by atoms with Gasteiger partial charge >= 0.3 is 0 Å². The summed E-state index contributed by atoms with van der Waals surface area (Å²) in [6, 6.07) is 8.00. The molecule has 1 aliphatic carbocycles. The molecule has 0 saturated heterocycles. The van der Waals surface area contributed by atoms with Gasteiger partial charge in [0.05, 0.1) is 6.20 Å². The largest absolute Gasteiger partial charge is 0.355 e. The molecular formula is C16H16ClN5O. The van der Waals surface area contributed by atoms with Gasteiger partial charge in [-0.05, 0) is 30.5 Å². The number of fused-ring (bicyclic) bond motifs is 1. The summed E-state index contributed by atoms with van der Waals surface area (Å²) in [4.78, 5) is 19.1. The van der Waals surface area contributed by atoms with Crippen molar-refractivity contribution in [3.05, 3.63) is 51.4 Å². The SMILES string of the molecule is O=c1[nH]c(NCC2(c3cccc(Cl)c3)CCC2)nc2[nH]ncc12. The van der Waals surface area contributed by atoms with E-state index in [1.807, 2.05) is 18.2 Å². The van der Waals surface area contributed by atoms with Crippen molar-refractivity contribution in [3.8, 4) is 0 Å². The van der Waals surface area contributed by atoms with E-state index in [-0.39, 0.29) is 11.0 Å². The smallest absolute Gasteiger partial charge is 0.263 e. The molecule has 4 rings (SSSR count). The maximum atomic E-state index is 12.0. The minimum atomic E-state index is -0.198. The van der Waals surface area contributed by atoms with E-state index in [4.69, 9.17) is 11.6 Å². The average molecular weight is 330 g/mol. The number of H-pyrrole nitrogens is 2. The number of halogens is 1. The molecule has 0 spiro atoms. The van der Waals surface area contributed by atoms with Crippen molar-refractivity contribution in [2.75, 3.05) is 11.9 Å². The zero-order chi connectivity index (χ0) is 15.9. The van der Waals surface area contributed by atoms with Gasteiger partial charge in [0.15, 0.2) is 5.65 Å². The Morgan fingerprint density at radius 2 is 2.22 bits per heavy atom. The van der Waals surface area contributed by atoms with Crippen LogP contribution in [0.1, 0.15) is 24.8 Å². The van der Waals surface area contributed by atoms with Crippen LogP contribution in [0.25, 0.3) is 11.0 Å². The summed E-state index contributed by atoms with van der Waals surface area (Å²) in [5, 5.41) is 11.1. The molecule has 1 saturated carbocycles. The molecule has 0 aliphatic heterocycles. The van der Waals surface area contributed by atoms with Gasteiger partial charge in [-0.2, -0.15) is 10.1 Å². The van der Waals surface area contributed by atoms with Crippen molar-refractivity contribution in [2.45, 2.75) is 24.7 Å². The van der Waals surface area contributed by atoms with Crippen LogP contribution >= 0.6 is 11.6 Å². The van der Waals surface area contributed by atoms with Crippen LogP contribution in [0.3, 0.4) is 0 Å². The first-order valence-electron chi connectivity index (χ1n) is 7.60. The molecule has 0 amide bonds. The number of benzene rings is 1. The topological polar surface area (TPSA) is 86.5 Å². The van der Waals surface area contributed by atoms with Crippen molar-refractivity contribution >= 4 is 28.6 Å². The van der Waals surface area contributed by atoms with Gasteiger partial charge < -0.3 is 5.32 Å². The summed E-state index contributed by atoms with van der Waals surface area (Å²) in [7, 11) is 0. The second kappa shape index (κ2) is 5.38. The van der Waals surface area contributed by atoms with E-state index < -0.39 is 0 Å². The highest BCUT2D eigenvalue weighted by Gasteiger charge is 2.38. The molecule has 0 bridgehead atoms. The molecule has 1 fully saturated rings. The Bertz CT molecular complexity index is 912. The van der Waals surface area contributed by atoms with E-state index in [0.717, 1.165) is 17.9 Å². The third kappa shape index (κ3) is 2.49. The average Bonchev–Trinajstić information content (AvgIpc) is 2.95. The van der Waals surface area contributed by atoms with Crippen LogP contribution in [0.2, 0.25) is 5.02 Å². The van der Waals surface area contributed by atoms with Gasteiger partial charge in [-0.25, -0.2) is 0 Å². The molecule has 6 nitrogen and oxygen atoms in total. The lowest BCUT2D eigenvalue weighted by atomic mass is 9.64. The van der Waals surface area contributed by atoms with Crippen LogP contribution in [0.5, 0.6) is 0 Å². The summed E-state index contributed by atoms with van der Waals surface area (Å²) >= 11 is 6.13. The molecule has 2 heterocycles. The van der Waals surface area contributed by atoms with E-state index in [1.165, 1.54) is 18.2 Å². The second-order valence-electron chi connectivity index (χ2n) is 6.04. The summed E-state index contributed by atoms with van der Waals surface area (Å²) < 4.78 is 0. The Morgan fingerprint density at radius 1 is 1.35 bits per heavy atom. The Balaban J connectivity index is 1.60. The minimum absolute atomic E-state index is 0.0480. The normalized spacial score (nSPS) is 16.2. The third-order valence-electron chi connectivity index (χ3n) is 4.66. The highest BCUT2D eigenvalue weighted by Crippen LogP contribution is 2.44. The van der Waals surface area contributed by atoms with Gasteiger partial charge in [0.25, 0.3) is 5.56 Å². The van der Waals surface area contributed by atoms with Crippen LogP contribution in [0, 0.1) is 0 Å². The Hall–Kier alpha value is -2.34. The van der Waals surface area contributed by atoms with E-state index in [0.29, 0.717) is 23.5 Å². The molecule has 0 atom stereocenters. The summed E-state index contributed by atoms with van der Waals surface area (Å²) in [5.74, 6) is 0.458. The fourth-order valence-electron chi connectivity index (χ4n) is 3.17. The van der Waals surface area contributed by atoms with E-state index in [9.17, 15) is 4.79 Å².